The van der Waals surface area contributed by atoms with E-state index >= 15 is 0 Å². The number of aromatic nitrogens is 2. The van der Waals surface area contributed by atoms with E-state index in [0.717, 1.165) is 10.9 Å². The first kappa shape index (κ1) is 28.3. The van der Waals surface area contributed by atoms with Gasteiger partial charge in [-0.15, -0.1) is 0 Å². The van der Waals surface area contributed by atoms with Gasteiger partial charge in [-0.05, 0) is 76.4 Å². The number of methoxy groups -OCH3 is 1. The summed E-state index contributed by atoms with van der Waals surface area (Å²) in [7, 11) is 1.30. The van der Waals surface area contributed by atoms with Gasteiger partial charge in [0.25, 0.3) is 5.56 Å². The third-order valence-electron chi connectivity index (χ3n) is 5.48. The Bertz CT molecular complexity index is 1370. The molecule has 0 spiro atoms. The molecule has 0 saturated heterocycles. The largest absolute Gasteiger partial charge is 0.490 e. The van der Waals surface area contributed by atoms with E-state index in [1.54, 1.807) is 25.3 Å². The molecule has 0 radical (unpaired) electrons. The van der Waals surface area contributed by atoms with Crippen LogP contribution in [0.4, 0.5) is 0 Å². The fourth-order valence-corrected chi connectivity index (χ4v) is 4.64. The lowest BCUT2D eigenvalue weighted by Crippen LogP contribution is -2.25. The number of ether oxygens (including phenoxy) is 3. The van der Waals surface area contributed by atoms with Crippen LogP contribution in [0, 0.1) is 0 Å². The summed E-state index contributed by atoms with van der Waals surface area (Å²) in [6.07, 6.45) is 1.50. The molecule has 11 heteroatoms. The smallest absolute Gasteiger partial charge is 0.346 e. The number of rotatable bonds is 9. The van der Waals surface area contributed by atoms with Crippen LogP contribution in [0.3, 0.4) is 0 Å². The summed E-state index contributed by atoms with van der Waals surface area (Å²) in [5.74, 6) is 0.806. The Kier molecular flexibility index (Phi) is 9.71. The number of hydrogen-bond donors (Lipinski definition) is 0. The van der Waals surface area contributed by atoms with E-state index in [1.165, 1.54) is 11.8 Å². The lowest BCUT2D eigenvalue weighted by atomic mass is 10.1. The number of esters is 1. The summed E-state index contributed by atoms with van der Waals surface area (Å²) in [5, 5.41) is 5.00. The van der Waals surface area contributed by atoms with Crippen molar-refractivity contribution in [3.05, 3.63) is 59.4 Å². The molecule has 0 aliphatic carbocycles. The monoisotopic (exact) mass is 685 g/mol. The van der Waals surface area contributed by atoms with Gasteiger partial charge in [0.1, 0.15) is 5.82 Å². The molecule has 0 saturated carbocycles. The van der Waals surface area contributed by atoms with Gasteiger partial charge in [0.15, 0.2) is 17.6 Å². The molecule has 1 heterocycles. The van der Waals surface area contributed by atoms with E-state index < -0.39 is 12.1 Å². The van der Waals surface area contributed by atoms with Gasteiger partial charge in [0.05, 0.1) is 35.3 Å². The van der Waals surface area contributed by atoms with Crippen LogP contribution in [0.25, 0.3) is 10.9 Å². The van der Waals surface area contributed by atoms with Crippen LogP contribution in [-0.2, 0) is 9.53 Å². The number of benzene rings is 2. The topological polar surface area (TPSA) is 92.0 Å². The zero-order valence-corrected chi connectivity index (χ0v) is 25.2. The third kappa shape index (κ3) is 6.00. The molecule has 36 heavy (non-hydrogen) atoms. The molecule has 3 rings (SSSR count). The van der Waals surface area contributed by atoms with Crippen molar-refractivity contribution in [1.29, 1.82) is 0 Å². The molecule has 0 aliphatic rings. The average molecular weight is 688 g/mol. The molecular formula is C25H26Br3N3O5. The summed E-state index contributed by atoms with van der Waals surface area (Å²) >= 11 is 10.5. The molecule has 0 unspecified atom stereocenters. The Balaban J connectivity index is 2.15. The maximum atomic E-state index is 13.4. The lowest BCUT2D eigenvalue weighted by molar-refractivity contribution is -0.148. The van der Waals surface area contributed by atoms with E-state index in [2.05, 4.69) is 52.9 Å². The molecule has 3 aromatic rings. The fourth-order valence-electron chi connectivity index (χ4n) is 3.36. The SMILES string of the molecule is CCOc1cc(C=Nn2c([C@H](C)CC)nc3ccc(Br)cc3c2=O)c(Br)c(Br)c1O[C@H](C)C(=O)OC. The van der Waals surface area contributed by atoms with Gasteiger partial charge in [0, 0.05) is 20.4 Å². The van der Waals surface area contributed by atoms with Crippen LogP contribution in [0.2, 0.25) is 0 Å². The zero-order valence-electron chi connectivity index (χ0n) is 20.5. The standard InChI is InChI=1S/C25H26Br3N3O5/c1-6-13(3)23-30-18-9-8-16(26)11-17(18)24(32)31(23)29-12-15-10-19(35-7-2)22(21(28)20(15)27)36-14(4)25(33)34-5/h8-14H,6-7H2,1-5H3/t13-,14-/m1/s1. The first-order valence-electron chi connectivity index (χ1n) is 11.3. The second-order valence-electron chi connectivity index (χ2n) is 7.94. The summed E-state index contributed by atoms with van der Waals surface area (Å²) in [4.78, 5) is 30.0. The minimum Gasteiger partial charge on any atom is -0.490 e. The number of carbonyl (C=O) groups excluding carboxylic acids is 1. The number of hydrogen-bond acceptors (Lipinski definition) is 7. The molecule has 0 aliphatic heterocycles. The molecule has 2 atom stereocenters. The number of nitrogens with zero attached hydrogens (tertiary/aromatic N) is 3. The Labute approximate surface area is 234 Å². The van der Waals surface area contributed by atoms with Crippen LogP contribution in [0.15, 0.2) is 47.6 Å². The number of carbonyl (C=O) groups is 1. The van der Waals surface area contributed by atoms with Gasteiger partial charge in [-0.1, -0.05) is 29.8 Å². The molecule has 0 bridgehead atoms. The van der Waals surface area contributed by atoms with Crippen LogP contribution in [0.5, 0.6) is 11.5 Å². The molecule has 0 N–H and O–H groups in total. The van der Waals surface area contributed by atoms with Gasteiger partial charge in [-0.25, -0.2) is 9.78 Å². The minimum absolute atomic E-state index is 0.00708. The first-order chi connectivity index (χ1) is 17.1. The summed E-state index contributed by atoms with van der Waals surface area (Å²) < 4.78 is 19.6. The van der Waals surface area contributed by atoms with E-state index in [1.807, 2.05) is 32.9 Å². The lowest BCUT2D eigenvalue weighted by Gasteiger charge is -2.19. The predicted octanol–water partition coefficient (Wildman–Crippen LogP) is 6.42. The van der Waals surface area contributed by atoms with Crippen LogP contribution in [-0.4, -0.2) is 41.7 Å². The normalized spacial score (nSPS) is 13.1. The van der Waals surface area contributed by atoms with Crippen molar-refractivity contribution in [2.75, 3.05) is 13.7 Å². The van der Waals surface area contributed by atoms with Crippen molar-refractivity contribution in [2.24, 2.45) is 5.10 Å². The Morgan fingerprint density at radius 2 is 1.89 bits per heavy atom. The zero-order chi connectivity index (χ0) is 26.6. The van der Waals surface area contributed by atoms with E-state index in [9.17, 15) is 9.59 Å². The second-order valence-corrected chi connectivity index (χ2v) is 10.4. The Morgan fingerprint density at radius 1 is 1.17 bits per heavy atom. The number of fused-ring (bicyclic) bond motifs is 1. The molecule has 192 valence electrons. The third-order valence-corrected chi connectivity index (χ3v) is 8.12. The van der Waals surface area contributed by atoms with E-state index in [0.29, 0.717) is 49.3 Å². The van der Waals surface area contributed by atoms with Crippen LogP contribution >= 0.6 is 47.8 Å². The second kappa shape index (κ2) is 12.3. The fraction of sp³-hybridized carbons (Fsp3) is 0.360. The average Bonchev–Trinajstić information content (AvgIpc) is 2.87. The van der Waals surface area contributed by atoms with Crippen molar-refractivity contribution in [3.63, 3.8) is 0 Å². The maximum absolute atomic E-state index is 13.4. The highest BCUT2D eigenvalue weighted by Gasteiger charge is 2.23. The maximum Gasteiger partial charge on any atom is 0.346 e. The van der Waals surface area contributed by atoms with Crippen molar-refractivity contribution >= 4 is 70.9 Å². The van der Waals surface area contributed by atoms with Crippen molar-refractivity contribution in [1.82, 2.24) is 9.66 Å². The molecular weight excluding hydrogens is 662 g/mol. The van der Waals surface area contributed by atoms with Gasteiger partial charge in [0.2, 0.25) is 0 Å². The number of halogens is 3. The summed E-state index contributed by atoms with van der Waals surface area (Å²) in [6, 6.07) is 7.14. The molecule has 2 aromatic carbocycles. The predicted molar refractivity (Wildman–Crippen MR) is 151 cm³/mol. The van der Waals surface area contributed by atoms with Crippen LogP contribution < -0.4 is 15.0 Å². The quantitative estimate of drug-likeness (QED) is 0.191. The molecule has 8 nitrogen and oxygen atoms in total. The molecule has 0 amide bonds. The summed E-state index contributed by atoms with van der Waals surface area (Å²) in [6.45, 7) is 7.84. The van der Waals surface area contributed by atoms with Crippen molar-refractivity contribution in [2.45, 2.75) is 46.1 Å². The van der Waals surface area contributed by atoms with Gasteiger partial charge in [-0.3, -0.25) is 4.79 Å². The highest BCUT2D eigenvalue weighted by molar-refractivity contribution is 9.13. The highest BCUT2D eigenvalue weighted by Crippen LogP contribution is 2.43. The first-order valence-corrected chi connectivity index (χ1v) is 13.7. The van der Waals surface area contributed by atoms with Gasteiger partial charge < -0.3 is 14.2 Å². The Morgan fingerprint density at radius 3 is 2.53 bits per heavy atom. The molecule has 0 fully saturated rings. The van der Waals surface area contributed by atoms with Gasteiger partial charge in [-0.2, -0.15) is 9.78 Å². The van der Waals surface area contributed by atoms with Crippen molar-refractivity contribution < 1.29 is 19.0 Å². The summed E-state index contributed by atoms with van der Waals surface area (Å²) in [5.41, 5.74) is 0.980. The molecule has 1 aromatic heterocycles. The van der Waals surface area contributed by atoms with E-state index in [4.69, 9.17) is 19.2 Å². The van der Waals surface area contributed by atoms with E-state index in [-0.39, 0.29) is 11.5 Å². The highest BCUT2D eigenvalue weighted by atomic mass is 79.9. The van der Waals surface area contributed by atoms with Crippen LogP contribution in [0.1, 0.15) is 51.4 Å². The Hall–Kier alpha value is -2.24. The minimum atomic E-state index is -0.850. The van der Waals surface area contributed by atoms with Gasteiger partial charge >= 0.3 is 5.97 Å². The van der Waals surface area contributed by atoms with Crippen molar-refractivity contribution in [3.8, 4) is 11.5 Å².